The highest BCUT2D eigenvalue weighted by molar-refractivity contribution is 5.84. The highest BCUT2D eigenvalue weighted by Crippen LogP contribution is 2.53. The summed E-state index contributed by atoms with van der Waals surface area (Å²) < 4.78 is 5.28. The molecule has 4 amide bonds. The monoisotopic (exact) mass is 516 g/mol. The standard InChI is InChI=1S/C29H48N4O4/c1-4-10-23(2)29(24-11-6-5-7-12-24)17-15-28(16-18-29,14-8-9-20-37-3)22-33(27(31)36)19-13-26(35)32-21-25(30)34/h5-7,11-12,23H,4,8-10,13-22H2,1-3H3,(H2,30,34)(H2,31,36)(H,32,35)/t23?,28-,29+. The first-order chi connectivity index (χ1) is 17.7. The fourth-order valence-electron chi connectivity index (χ4n) is 6.19. The van der Waals surface area contributed by atoms with Gasteiger partial charge in [0, 0.05) is 33.2 Å². The Bertz CT molecular complexity index is 853. The van der Waals surface area contributed by atoms with Gasteiger partial charge in [-0.2, -0.15) is 0 Å². The van der Waals surface area contributed by atoms with Crippen LogP contribution < -0.4 is 16.8 Å². The van der Waals surface area contributed by atoms with Gasteiger partial charge in [-0.05, 0) is 60.8 Å². The van der Waals surface area contributed by atoms with Gasteiger partial charge in [-0.3, -0.25) is 9.59 Å². The lowest BCUT2D eigenvalue weighted by molar-refractivity contribution is -0.125. The molecule has 208 valence electrons. The average Bonchev–Trinajstić information content (AvgIpc) is 2.89. The summed E-state index contributed by atoms with van der Waals surface area (Å²) in [6, 6.07) is 10.4. The number of methoxy groups -OCH3 is 1. The number of amides is 4. The molecule has 0 saturated heterocycles. The van der Waals surface area contributed by atoms with Crippen LogP contribution in [0.15, 0.2) is 30.3 Å². The number of urea groups is 1. The minimum Gasteiger partial charge on any atom is -0.385 e. The Labute approximate surface area is 222 Å². The molecule has 0 bridgehead atoms. The van der Waals surface area contributed by atoms with Gasteiger partial charge in [0.05, 0.1) is 6.54 Å². The molecule has 8 heteroatoms. The third kappa shape index (κ3) is 9.02. The number of benzene rings is 1. The Morgan fingerprint density at radius 1 is 1.08 bits per heavy atom. The Kier molecular flexibility index (Phi) is 12.4. The summed E-state index contributed by atoms with van der Waals surface area (Å²) >= 11 is 0. The molecule has 0 aromatic heterocycles. The lowest BCUT2D eigenvalue weighted by Gasteiger charge is -2.51. The van der Waals surface area contributed by atoms with Crippen molar-refractivity contribution in [3.05, 3.63) is 35.9 Å². The van der Waals surface area contributed by atoms with Gasteiger partial charge in [0.15, 0.2) is 0 Å². The maximum absolute atomic E-state index is 12.4. The highest BCUT2D eigenvalue weighted by Gasteiger charge is 2.46. The molecule has 37 heavy (non-hydrogen) atoms. The van der Waals surface area contributed by atoms with Crippen molar-refractivity contribution in [1.82, 2.24) is 10.2 Å². The molecule has 2 rings (SSSR count). The summed E-state index contributed by atoms with van der Waals surface area (Å²) in [5.41, 5.74) is 12.4. The van der Waals surface area contributed by atoms with E-state index < -0.39 is 11.9 Å². The normalized spacial score (nSPS) is 22.2. The number of nitrogens with zero attached hydrogens (tertiary/aromatic N) is 1. The van der Waals surface area contributed by atoms with Crippen LogP contribution >= 0.6 is 0 Å². The van der Waals surface area contributed by atoms with E-state index in [4.69, 9.17) is 16.2 Å². The van der Waals surface area contributed by atoms with Crippen LogP contribution in [0.2, 0.25) is 0 Å². The van der Waals surface area contributed by atoms with E-state index in [0.717, 1.165) is 58.0 Å². The van der Waals surface area contributed by atoms with Gasteiger partial charge in [-0.1, -0.05) is 63.4 Å². The largest absolute Gasteiger partial charge is 0.385 e. The number of nitrogens with one attached hydrogen (secondary N) is 1. The second-order valence-electron chi connectivity index (χ2n) is 10.9. The number of hydrogen-bond donors (Lipinski definition) is 3. The number of hydrogen-bond acceptors (Lipinski definition) is 4. The minimum atomic E-state index is -0.600. The molecule has 0 heterocycles. The Morgan fingerprint density at radius 3 is 2.32 bits per heavy atom. The molecule has 1 aromatic carbocycles. The predicted molar refractivity (Wildman–Crippen MR) is 147 cm³/mol. The maximum atomic E-state index is 12.4. The predicted octanol–water partition coefficient (Wildman–Crippen LogP) is 4.11. The average molecular weight is 517 g/mol. The van der Waals surface area contributed by atoms with Gasteiger partial charge in [0.25, 0.3) is 0 Å². The third-order valence-corrected chi connectivity index (χ3v) is 8.43. The summed E-state index contributed by atoms with van der Waals surface area (Å²) in [7, 11) is 1.72. The smallest absolute Gasteiger partial charge is 0.314 e. The zero-order valence-corrected chi connectivity index (χ0v) is 23.1. The third-order valence-electron chi connectivity index (χ3n) is 8.43. The van der Waals surface area contributed by atoms with E-state index in [2.05, 4.69) is 49.5 Å². The number of carbonyl (C=O) groups excluding carboxylic acids is 3. The number of unbranched alkanes of at least 4 members (excludes halogenated alkanes) is 1. The van der Waals surface area contributed by atoms with Crippen LogP contribution in [0.25, 0.3) is 0 Å². The van der Waals surface area contributed by atoms with Gasteiger partial charge >= 0.3 is 6.03 Å². The first-order valence-electron chi connectivity index (χ1n) is 13.8. The van der Waals surface area contributed by atoms with Crippen molar-refractivity contribution in [2.45, 2.75) is 83.5 Å². The quantitative estimate of drug-likeness (QED) is 0.286. The first kappa shape index (κ1) is 30.6. The topological polar surface area (TPSA) is 128 Å². The maximum Gasteiger partial charge on any atom is 0.314 e. The van der Waals surface area contributed by atoms with Crippen LogP contribution in [0.5, 0.6) is 0 Å². The van der Waals surface area contributed by atoms with Crippen molar-refractivity contribution < 1.29 is 19.1 Å². The lowest BCUT2D eigenvalue weighted by atomic mass is 9.55. The lowest BCUT2D eigenvalue weighted by Crippen LogP contribution is -2.49. The van der Waals surface area contributed by atoms with Gasteiger partial charge < -0.3 is 26.4 Å². The van der Waals surface area contributed by atoms with Gasteiger partial charge in [0.1, 0.15) is 0 Å². The minimum absolute atomic E-state index is 0.0588. The second-order valence-corrected chi connectivity index (χ2v) is 10.9. The fraction of sp³-hybridized carbons (Fsp3) is 0.690. The van der Waals surface area contributed by atoms with E-state index in [1.807, 2.05) is 0 Å². The van der Waals surface area contributed by atoms with Crippen LogP contribution in [0.4, 0.5) is 4.79 Å². The van der Waals surface area contributed by atoms with Crippen LogP contribution in [-0.4, -0.2) is 56.1 Å². The first-order valence-corrected chi connectivity index (χ1v) is 13.8. The number of primary amides is 2. The molecule has 0 spiro atoms. The van der Waals surface area contributed by atoms with Crippen molar-refractivity contribution in [2.24, 2.45) is 22.8 Å². The van der Waals surface area contributed by atoms with Crippen LogP contribution in [0, 0.1) is 11.3 Å². The molecule has 1 saturated carbocycles. The fourth-order valence-corrected chi connectivity index (χ4v) is 6.19. The van der Waals surface area contributed by atoms with Crippen LogP contribution in [-0.2, 0) is 19.7 Å². The SMILES string of the molecule is CCCC(C)[C@]1(c2ccccc2)CC[C@@](CCCCOC)(CN(CCC(=O)NCC(N)=O)C(N)=O)CC1. The second kappa shape index (κ2) is 15.0. The molecule has 5 N–H and O–H groups in total. The Hall–Kier alpha value is -2.61. The summed E-state index contributed by atoms with van der Waals surface area (Å²) in [5.74, 6) is -0.358. The van der Waals surface area contributed by atoms with Gasteiger partial charge in [-0.15, -0.1) is 0 Å². The molecule has 1 aliphatic rings. The van der Waals surface area contributed by atoms with E-state index in [1.165, 1.54) is 12.0 Å². The molecular formula is C29H48N4O4. The molecule has 0 aliphatic heterocycles. The molecule has 1 aromatic rings. The number of ether oxygens (including phenoxy) is 1. The van der Waals surface area contributed by atoms with Crippen molar-refractivity contribution in [2.75, 3.05) is 33.4 Å². The number of carbonyl (C=O) groups is 3. The van der Waals surface area contributed by atoms with Crippen molar-refractivity contribution >= 4 is 17.8 Å². The van der Waals surface area contributed by atoms with E-state index >= 15 is 0 Å². The molecule has 1 aliphatic carbocycles. The van der Waals surface area contributed by atoms with Gasteiger partial charge in [0.2, 0.25) is 11.8 Å². The van der Waals surface area contributed by atoms with E-state index in [1.54, 1.807) is 12.0 Å². The van der Waals surface area contributed by atoms with Gasteiger partial charge in [-0.25, -0.2) is 4.79 Å². The van der Waals surface area contributed by atoms with E-state index in [9.17, 15) is 14.4 Å². The summed E-state index contributed by atoms with van der Waals surface area (Å²) in [6.07, 6.45) is 9.53. The zero-order valence-electron chi connectivity index (χ0n) is 23.1. The Morgan fingerprint density at radius 2 is 1.76 bits per heavy atom. The molecular weight excluding hydrogens is 468 g/mol. The van der Waals surface area contributed by atoms with Crippen molar-refractivity contribution in [3.63, 3.8) is 0 Å². The van der Waals surface area contributed by atoms with Crippen molar-refractivity contribution in [3.8, 4) is 0 Å². The highest BCUT2D eigenvalue weighted by atomic mass is 16.5. The van der Waals surface area contributed by atoms with Crippen LogP contribution in [0.1, 0.15) is 83.6 Å². The van der Waals surface area contributed by atoms with E-state index in [0.29, 0.717) is 12.5 Å². The Balaban J connectivity index is 2.21. The van der Waals surface area contributed by atoms with E-state index in [-0.39, 0.29) is 36.2 Å². The van der Waals surface area contributed by atoms with Crippen molar-refractivity contribution in [1.29, 1.82) is 0 Å². The number of nitrogens with two attached hydrogens (primary N) is 2. The van der Waals surface area contributed by atoms with Crippen LogP contribution in [0.3, 0.4) is 0 Å². The molecule has 1 unspecified atom stereocenters. The summed E-state index contributed by atoms with van der Waals surface area (Å²) in [4.78, 5) is 37.2. The summed E-state index contributed by atoms with van der Waals surface area (Å²) in [6.45, 7) is 5.90. The molecule has 0 radical (unpaired) electrons. The molecule has 1 fully saturated rings. The zero-order chi connectivity index (χ0) is 27.3. The molecule has 8 nitrogen and oxygen atoms in total. The number of rotatable bonds is 16. The summed E-state index contributed by atoms with van der Waals surface area (Å²) in [5, 5.41) is 2.49. The molecule has 1 atom stereocenters.